The van der Waals surface area contributed by atoms with Gasteiger partial charge in [0.2, 0.25) is 0 Å². The monoisotopic (exact) mass is 319 g/mol. The number of benzene rings is 2. The van der Waals surface area contributed by atoms with Gasteiger partial charge in [0.25, 0.3) is 0 Å². The molecule has 0 fully saturated rings. The molecule has 122 valence electrons. The summed E-state index contributed by atoms with van der Waals surface area (Å²) in [5.74, 6) is 1.03. The molecule has 4 rings (SSSR count). The number of nitrogens with zero attached hydrogens (tertiary/aromatic N) is 1. The summed E-state index contributed by atoms with van der Waals surface area (Å²) in [5, 5.41) is 10.7. The predicted octanol–water partition coefficient (Wildman–Crippen LogP) is 3.61. The molecular weight excluding hydrogens is 298 g/mol. The lowest BCUT2D eigenvalue weighted by atomic mass is 9.95. The topological polar surface area (TPSA) is 49.9 Å². The van der Waals surface area contributed by atoms with Crippen LogP contribution in [0.5, 0.6) is 5.75 Å². The SMILES string of the molecule is c1ccc(C(NCc2ccn[nH]2)c2ccc3c(c2)CCCO3)cc1. The van der Waals surface area contributed by atoms with E-state index < -0.39 is 0 Å². The fraction of sp³-hybridized carbons (Fsp3) is 0.250. The van der Waals surface area contributed by atoms with Crippen LogP contribution in [0, 0.1) is 0 Å². The molecule has 0 bridgehead atoms. The Bertz CT molecular complexity index is 784. The molecule has 1 aromatic heterocycles. The molecule has 0 amide bonds. The molecule has 0 radical (unpaired) electrons. The van der Waals surface area contributed by atoms with Crippen LogP contribution >= 0.6 is 0 Å². The van der Waals surface area contributed by atoms with Crippen molar-refractivity contribution in [2.75, 3.05) is 6.61 Å². The van der Waals surface area contributed by atoms with E-state index in [-0.39, 0.29) is 6.04 Å². The van der Waals surface area contributed by atoms with Crippen LogP contribution in [0.1, 0.15) is 34.8 Å². The smallest absolute Gasteiger partial charge is 0.122 e. The molecule has 3 aromatic rings. The summed E-state index contributed by atoms with van der Waals surface area (Å²) in [6.45, 7) is 1.57. The van der Waals surface area contributed by atoms with Crippen molar-refractivity contribution in [3.63, 3.8) is 0 Å². The van der Waals surface area contributed by atoms with Gasteiger partial charge < -0.3 is 10.1 Å². The molecule has 2 aromatic carbocycles. The molecule has 0 spiro atoms. The molecule has 0 saturated heterocycles. The highest BCUT2D eigenvalue weighted by Gasteiger charge is 2.17. The normalized spacial score (nSPS) is 14.7. The molecule has 1 atom stereocenters. The molecule has 1 aliphatic rings. The standard InChI is InChI=1S/C20H21N3O/c1-2-5-15(6-3-1)20(21-14-18-10-11-22-23-18)17-8-9-19-16(13-17)7-4-12-24-19/h1-3,5-6,8-11,13,20-21H,4,7,12,14H2,(H,22,23). The average molecular weight is 319 g/mol. The third-order valence-corrected chi connectivity index (χ3v) is 4.45. The highest BCUT2D eigenvalue weighted by Crippen LogP contribution is 2.30. The zero-order valence-corrected chi connectivity index (χ0v) is 13.5. The van der Waals surface area contributed by atoms with Gasteiger partial charge >= 0.3 is 0 Å². The van der Waals surface area contributed by atoms with Crippen LogP contribution in [0.4, 0.5) is 0 Å². The Balaban J connectivity index is 1.64. The van der Waals surface area contributed by atoms with E-state index in [9.17, 15) is 0 Å². The average Bonchev–Trinajstić information content (AvgIpc) is 3.16. The summed E-state index contributed by atoms with van der Waals surface area (Å²) in [7, 11) is 0. The molecule has 1 aliphatic heterocycles. The fourth-order valence-corrected chi connectivity index (χ4v) is 3.23. The van der Waals surface area contributed by atoms with Gasteiger partial charge in [-0.25, -0.2) is 0 Å². The number of fused-ring (bicyclic) bond motifs is 1. The molecule has 24 heavy (non-hydrogen) atoms. The van der Waals surface area contributed by atoms with Gasteiger partial charge in [0, 0.05) is 18.4 Å². The van der Waals surface area contributed by atoms with Crippen LogP contribution in [-0.4, -0.2) is 16.8 Å². The van der Waals surface area contributed by atoms with E-state index >= 15 is 0 Å². The Morgan fingerprint density at radius 2 is 2.00 bits per heavy atom. The minimum atomic E-state index is 0.140. The van der Waals surface area contributed by atoms with E-state index in [1.807, 2.05) is 6.07 Å². The summed E-state index contributed by atoms with van der Waals surface area (Å²) in [6.07, 6.45) is 3.96. The Labute approximate surface area is 141 Å². The van der Waals surface area contributed by atoms with E-state index in [0.29, 0.717) is 0 Å². The Morgan fingerprint density at radius 3 is 2.83 bits per heavy atom. The van der Waals surface area contributed by atoms with Crippen molar-refractivity contribution in [2.24, 2.45) is 0 Å². The van der Waals surface area contributed by atoms with Gasteiger partial charge in [-0.05, 0) is 41.7 Å². The quantitative estimate of drug-likeness (QED) is 0.755. The number of ether oxygens (including phenoxy) is 1. The summed E-state index contributed by atoms with van der Waals surface area (Å²) in [5.41, 5.74) is 4.92. The van der Waals surface area contributed by atoms with Crippen LogP contribution in [0.2, 0.25) is 0 Å². The van der Waals surface area contributed by atoms with Crippen molar-refractivity contribution in [3.05, 3.63) is 83.2 Å². The van der Waals surface area contributed by atoms with Crippen molar-refractivity contribution in [2.45, 2.75) is 25.4 Å². The van der Waals surface area contributed by atoms with Gasteiger partial charge in [-0.3, -0.25) is 5.10 Å². The van der Waals surface area contributed by atoms with Crippen LogP contribution in [0.25, 0.3) is 0 Å². The molecule has 2 N–H and O–H groups in total. The van der Waals surface area contributed by atoms with Crippen LogP contribution < -0.4 is 10.1 Å². The van der Waals surface area contributed by atoms with Crippen molar-refractivity contribution in [1.29, 1.82) is 0 Å². The number of rotatable bonds is 5. The lowest BCUT2D eigenvalue weighted by Gasteiger charge is -2.23. The largest absolute Gasteiger partial charge is 0.493 e. The van der Waals surface area contributed by atoms with E-state index in [2.05, 4.69) is 64.0 Å². The first-order valence-electron chi connectivity index (χ1n) is 8.42. The zero-order chi connectivity index (χ0) is 16.2. The highest BCUT2D eigenvalue weighted by molar-refractivity contribution is 5.42. The minimum absolute atomic E-state index is 0.140. The third-order valence-electron chi connectivity index (χ3n) is 4.45. The second-order valence-corrected chi connectivity index (χ2v) is 6.13. The molecule has 0 saturated carbocycles. The van der Waals surface area contributed by atoms with Gasteiger partial charge in [-0.1, -0.05) is 42.5 Å². The Kier molecular flexibility index (Phi) is 4.30. The number of nitrogens with one attached hydrogen (secondary N) is 2. The summed E-state index contributed by atoms with van der Waals surface area (Å²) < 4.78 is 5.75. The Morgan fingerprint density at radius 1 is 1.08 bits per heavy atom. The lowest BCUT2D eigenvalue weighted by Crippen LogP contribution is -2.22. The lowest BCUT2D eigenvalue weighted by molar-refractivity contribution is 0.288. The van der Waals surface area contributed by atoms with Crippen molar-refractivity contribution in [3.8, 4) is 5.75 Å². The van der Waals surface area contributed by atoms with Crippen molar-refractivity contribution < 1.29 is 4.74 Å². The van der Waals surface area contributed by atoms with Gasteiger partial charge in [0.15, 0.2) is 0 Å². The van der Waals surface area contributed by atoms with E-state index in [1.54, 1.807) is 6.20 Å². The highest BCUT2D eigenvalue weighted by atomic mass is 16.5. The summed E-state index contributed by atoms with van der Waals surface area (Å²) >= 11 is 0. The number of hydrogen-bond donors (Lipinski definition) is 2. The molecule has 4 nitrogen and oxygen atoms in total. The summed E-state index contributed by atoms with van der Waals surface area (Å²) in [6, 6.07) is 19.3. The molecular formula is C20H21N3O. The van der Waals surface area contributed by atoms with Crippen molar-refractivity contribution in [1.82, 2.24) is 15.5 Å². The maximum Gasteiger partial charge on any atom is 0.122 e. The summed E-state index contributed by atoms with van der Waals surface area (Å²) in [4.78, 5) is 0. The van der Waals surface area contributed by atoms with E-state index in [1.165, 1.54) is 16.7 Å². The first-order chi connectivity index (χ1) is 11.9. The van der Waals surface area contributed by atoms with Crippen LogP contribution in [-0.2, 0) is 13.0 Å². The number of aromatic nitrogens is 2. The van der Waals surface area contributed by atoms with Gasteiger partial charge in [-0.2, -0.15) is 5.10 Å². The molecule has 1 unspecified atom stereocenters. The second kappa shape index (κ2) is 6.89. The number of aromatic amines is 1. The molecule has 2 heterocycles. The Hall–Kier alpha value is -2.59. The van der Waals surface area contributed by atoms with Gasteiger partial charge in [-0.15, -0.1) is 0 Å². The molecule has 4 heteroatoms. The van der Waals surface area contributed by atoms with Crippen LogP contribution in [0.3, 0.4) is 0 Å². The van der Waals surface area contributed by atoms with Crippen molar-refractivity contribution >= 4 is 0 Å². The van der Waals surface area contributed by atoms with Crippen LogP contribution in [0.15, 0.2) is 60.8 Å². The zero-order valence-electron chi connectivity index (χ0n) is 13.5. The van der Waals surface area contributed by atoms with E-state index in [0.717, 1.165) is 37.4 Å². The van der Waals surface area contributed by atoms with E-state index in [4.69, 9.17) is 4.74 Å². The molecule has 0 aliphatic carbocycles. The number of H-pyrrole nitrogens is 1. The van der Waals surface area contributed by atoms with Gasteiger partial charge in [0.1, 0.15) is 5.75 Å². The first kappa shape index (κ1) is 15.0. The van der Waals surface area contributed by atoms with Gasteiger partial charge in [0.05, 0.1) is 12.6 Å². The number of aryl methyl sites for hydroxylation is 1. The fourth-order valence-electron chi connectivity index (χ4n) is 3.23. The maximum absolute atomic E-state index is 5.75. The maximum atomic E-state index is 5.75. The first-order valence-corrected chi connectivity index (χ1v) is 8.42. The second-order valence-electron chi connectivity index (χ2n) is 6.13. The predicted molar refractivity (Wildman–Crippen MR) is 94.0 cm³/mol. The number of hydrogen-bond acceptors (Lipinski definition) is 3. The minimum Gasteiger partial charge on any atom is -0.493 e. The third kappa shape index (κ3) is 3.19.